The molecule has 1 amide bonds. The maximum Gasteiger partial charge on any atom is 0.302 e. The largest absolute Gasteiger partial charge is 0.479 e. The van der Waals surface area contributed by atoms with Crippen molar-refractivity contribution >= 4 is 28.6 Å². The van der Waals surface area contributed by atoms with E-state index in [0.717, 1.165) is 48.4 Å². The highest BCUT2D eigenvalue weighted by Gasteiger charge is 2.24. The minimum Gasteiger partial charge on any atom is -0.479 e. The van der Waals surface area contributed by atoms with Gasteiger partial charge in [-0.05, 0) is 36.6 Å². The number of ether oxygens (including phenoxy) is 1. The molecule has 4 rings (SSSR count). The Labute approximate surface area is 200 Å². The average Bonchev–Trinajstić information content (AvgIpc) is 2.88. The van der Waals surface area contributed by atoms with Gasteiger partial charge in [-0.2, -0.15) is 0 Å². The summed E-state index contributed by atoms with van der Waals surface area (Å²) in [6.07, 6.45) is 0.878. The molecule has 3 aromatic rings. The average molecular weight is 463 g/mol. The summed E-state index contributed by atoms with van der Waals surface area (Å²) < 4.78 is 8.56. The van der Waals surface area contributed by atoms with Gasteiger partial charge in [-0.15, -0.1) is 0 Å². The molecular weight excluding hydrogens is 432 g/mol. The molecule has 1 saturated heterocycles. The van der Waals surface area contributed by atoms with Gasteiger partial charge in [-0.25, -0.2) is 4.98 Å². The molecule has 0 aliphatic carbocycles. The molecule has 0 saturated carbocycles. The Morgan fingerprint density at radius 2 is 1.76 bits per heavy atom. The molecular formula is C26H30N4O2S. The zero-order valence-corrected chi connectivity index (χ0v) is 20.2. The molecule has 0 atom stereocenters. The van der Waals surface area contributed by atoms with Crippen LogP contribution in [0, 0.1) is 6.92 Å². The van der Waals surface area contributed by atoms with Crippen LogP contribution < -0.4 is 14.4 Å². The number of carbonyl (C=O) groups excluding carboxylic acids is 1. The number of methoxy groups -OCH3 is 1. The molecule has 0 radical (unpaired) electrons. The summed E-state index contributed by atoms with van der Waals surface area (Å²) >= 11 is 1.09. The van der Waals surface area contributed by atoms with Crippen molar-refractivity contribution in [2.45, 2.75) is 20.3 Å². The number of hydrogen-bond donors (Lipinski definition) is 1. The van der Waals surface area contributed by atoms with Gasteiger partial charge in [0.2, 0.25) is 5.88 Å². The number of nitrogens with one attached hydrogen (secondary N) is 1. The van der Waals surface area contributed by atoms with Gasteiger partial charge in [0.25, 0.3) is 0 Å². The van der Waals surface area contributed by atoms with Crippen molar-refractivity contribution in [1.82, 2.24) is 9.88 Å². The van der Waals surface area contributed by atoms with E-state index < -0.39 is 0 Å². The Kier molecular flexibility index (Phi) is 7.40. The first-order valence-corrected chi connectivity index (χ1v) is 12.1. The monoisotopic (exact) mass is 462 g/mol. The van der Waals surface area contributed by atoms with E-state index in [0.29, 0.717) is 19.0 Å². The normalized spacial score (nSPS) is 13.7. The van der Waals surface area contributed by atoms with Gasteiger partial charge in [0.05, 0.1) is 7.11 Å². The van der Waals surface area contributed by atoms with Crippen LogP contribution in [0.15, 0.2) is 60.7 Å². The van der Waals surface area contributed by atoms with Crippen molar-refractivity contribution in [3.8, 4) is 17.0 Å². The molecule has 0 spiro atoms. The predicted octanol–water partition coefficient (Wildman–Crippen LogP) is 5.63. The van der Waals surface area contributed by atoms with Crippen molar-refractivity contribution < 1.29 is 9.53 Å². The number of amides is 1. The van der Waals surface area contributed by atoms with Gasteiger partial charge >= 0.3 is 5.24 Å². The first-order valence-electron chi connectivity index (χ1n) is 11.3. The van der Waals surface area contributed by atoms with Crippen LogP contribution in [0.2, 0.25) is 0 Å². The summed E-state index contributed by atoms with van der Waals surface area (Å²) in [7, 11) is 1.59. The molecule has 1 aliphatic heterocycles. The van der Waals surface area contributed by atoms with Crippen LogP contribution in [0.3, 0.4) is 0 Å². The Balaban J connectivity index is 1.38. The molecule has 1 aliphatic rings. The minimum atomic E-state index is 0.00618. The number of hydrogen-bond acceptors (Lipinski definition) is 6. The van der Waals surface area contributed by atoms with Gasteiger partial charge in [-0.1, -0.05) is 55.5 Å². The molecule has 1 aromatic heterocycles. The second-order valence-electron chi connectivity index (χ2n) is 7.97. The van der Waals surface area contributed by atoms with E-state index in [2.05, 4.69) is 70.1 Å². The van der Waals surface area contributed by atoms with E-state index in [-0.39, 0.29) is 5.24 Å². The van der Waals surface area contributed by atoms with Crippen LogP contribution in [0.4, 0.5) is 16.2 Å². The van der Waals surface area contributed by atoms with Crippen LogP contribution in [0.1, 0.15) is 18.2 Å². The highest BCUT2D eigenvalue weighted by molar-refractivity contribution is 8.14. The third kappa shape index (κ3) is 5.25. The topological polar surface area (TPSA) is 57.7 Å². The summed E-state index contributed by atoms with van der Waals surface area (Å²) in [5, 5.41) is 0.00618. The van der Waals surface area contributed by atoms with Gasteiger partial charge in [0.1, 0.15) is 5.69 Å². The highest BCUT2D eigenvalue weighted by atomic mass is 32.2. The smallest absolute Gasteiger partial charge is 0.302 e. The van der Waals surface area contributed by atoms with Crippen molar-refractivity contribution in [3.63, 3.8) is 0 Å². The van der Waals surface area contributed by atoms with Crippen molar-refractivity contribution in [2.24, 2.45) is 0 Å². The lowest BCUT2D eigenvalue weighted by molar-refractivity contribution is 0.219. The first kappa shape index (κ1) is 23.0. The van der Waals surface area contributed by atoms with E-state index in [4.69, 9.17) is 4.74 Å². The van der Waals surface area contributed by atoms with Crippen molar-refractivity contribution in [3.05, 3.63) is 71.9 Å². The minimum absolute atomic E-state index is 0.00618. The predicted molar refractivity (Wildman–Crippen MR) is 137 cm³/mol. The lowest BCUT2D eigenvalue weighted by Crippen LogP contribution is -2.48. The zero-order valence-electron chi connectivity index (χ0n) is 19.4. The zero-order chi connectivity index (χ0) is 23.2. The number of benzene rings is 2. The number of carbonyl (C=O) groups is 1. The lowest BCUT2D eigenvalue weighted by atomic mass is 10.0. The number of nitrogens with zero attached hydrogens (tertiary/aromatic N) is 3. The third-order valence-electron chi connectivity index (χ3n) is 5.97. The fourth-order valence-corrected chi connectivity index (χ4v) is 4.77. The highest BCUT2D eigenvalue weighted by Crippen LogP contribution is 2.32. The summed E-state index contributed by atoms with van der Waals surface area (Å²) in [4.78, 5) is 21.6. The Morgan fingerprint density at radius 1 is 1.06 bits per heavy atom. The Hall–Kier alpha value is -3.19. The van der Waals surface area contributed by atoms with Crippen molar-refractivity contribution in [1.29, 1.82) is 0 Å². The SMILES string of the molecule is CCc1cc(NSC(=O)N2CCN(c3ccccc3-c3ccccc3)CC2)c(OC)nc1C. The molecule has 7 heteroatoms. The van der Waals surface area contributed by atoms with Crippen LogP contribution >= 0.6 is 11.9 Å². The maximum atomic E-state index is 12.9. The summed E-state index contributed by atoms with van der Waals surface area (Å²) in [6, 6.07) is 20.9. The molecule has 0 unspecified atom stereocenters. The first-order chi connectivity index (χ1) is 16.1. The molecule has 0 bridgehead atoms. The fourth-order valence-electron chi connectivity index (χ4n) is 4.12. The molecule has 2 aromatic carbocycles. The van der Waals surface area contributed by atoms with Crippen molar-refractivity contribution in [2.75, 3.05) is 42.9 Å². The van der Waals surface area contributed by atoms with E-state index in [1.807, 2.05) is 24.0 Å². The fraction of sp³-hybridized carbons (Fsp3) is 0.308. The van der Waals surface area contributed by atoms with Gasteiger partial charge in [0.15, 0.2) is 0 Å². The van der Waals surface area contributed by atoms with E-state index in [9.17, 15) is 4.79 Å². The standard InChI is InChI=1S/C26H30N4O2S/c1-4-20-18-23(25(32-3)27-19(20)2)28-33-26(31)30-16-14-29(15-17-30)24-13-9-8-12-22(24)21-10-6-5-7-11-21/h5-13,18,28H,4,14-17H2,1-3H3. The summed E-state index contributed by atoms with van der Waals surface area (Å²) in [6.45, 7) is 7.02. The van der Waals surface area contributed by atoms with Crippen LogP contribution in [-0.2, 0) is 6.42 Å². The number of pyridine rings is 1. The number of aryl methyl sites for hydroxylation is 2. The molecule has 172 valence electrons. The number of para-hydroxylation sites is 1. The molecule has 33 heavy (non-hydrogen) atoms. The quantitative estimate of drug-likeness (QED) is 0.479. The van der Waals surface area contributed by atoms with Gasteiger partial charge < -0.3 is 19.3 Å². The van der Waals surface area contributed by atoms with Gasteiger partial charge in [0, 0.05) is 55.1 Å². The van der Waals surface area contributed by atoms with Crippen LogP contribution in [-0.4, -0.2) is 48.4 Å². The maximum absolute atomic E-state index is 12.9. The molecule has 1 fully saturated rings. The van der Waals surface area contributed by atoms with Gasteiger partial charge in [-0.3, -0.25) is 4.79 Å². The Morgan fingerprint density at radius 3 is 2.45 bits per heavy atom. The number of piperazine rings is 1. The third-order valence-corrected chi connectivity index (χ3v) is 6.73. The lowest BCUT2D eigenvalue weighted by Gasteiger charge is -2.36. The van der Waals surface area contributed by atoms with E-state index >= 15 is 0 Å². The summed E-state index contributed by atoms with van der Waals surface area (Å²) in [5.74, 6) is 0.507. The van der Waals surface area contributed by atoms with E-state index in [1.165, 1.54) is 16.8 Å². The molecule has 2 heterocycles. The molecule has 1 N–H and O–H groups in total. The second-order valence-corrected chi connectivity index (χ2v) is 8.73. The summed E-state index contributed by atoms with van der Waals surface area (Å²) in [5.41, 5.74) is 6.45. The second kappa shape index (κ2) is 10.6. The van der Waals surface area contributed by atoms with Crippen LogP contribution in [0.5, 0.6) is 5.88 Å². The molecule has 6 nitrogen and oxygen atoms in total. The Bertz CT molecular complexity index is 1100. The van der Waals surface area contributed by atoms with Crippen LogP contribution in [0.25, 0.3) is 11.1 Å². The number of anilines is 2. The number of aromatic nitrogens is 1. The van der Waals surface area contributed by atoms with E-state index in [1.54, 1.807) is 7.11 Å². The number of rotatable bonds is 6.